The van der Waals surface area contributed by atoms with E-state index < -0.39 is 105 Å². The first-order chi connectivity index (χ1) is 32.0. The van der Waals surface area contributed by atoms with E-state index in [9.17, 15) is 75.1 Å². The zero-order valence-electron chi connectivity index (χ0n) is 34.5. The van der Waals surface area contributed by atoms with Crippen LogP contribution < -0.4 is 10.5 Å². The topological polar surface area (TPSA) is 422 Å². The number of nitrogens with zero attached hydrogens (tertiary/aromatic N) is 6. The molecule has 0 saturated heterocycles. The van der Waals surface area contributed by atoms with Crippen LogP contribution in [-0.4, -0.2) is 87.4 Å². The summed E-state index contributed by atoms with van der Waals surface area (Å²) in [4.78, 5) is -3.01. The van der Waals surface area contributed by atoms with E-state index in [1.54, 1.807) is 0 Å². The van der Waals surface area contributed by atoms with Gasteiger partial charge in [-0.25, -0.2) is 0 Å². The Hall–Kier alpha value is -7.13. The molecule has 0 atom stereocenters. The van der Waals surface area contributed by atoms with E-state index in [0.717, 1.165) is 42.5 Å². The molecule has 0 spiro atoms. The third-order valence-corrected chi connectivity index (χ3v) is 13.9. The molecule has 0 fully saturated rings. The monoisotopic (exact) mass is 1050 g/mol. The van der Waals surface area contributed by atoms with Gasteiger partial charge in [-0.1, -0.05) is 12.1 Å². The van der Waals surface area contributed by atoms with E-state index in [-0.39, 0.29) is 66.7 Å². The van der Waals surface area contributed by atoms with Gasteiger partial charge in [-0.15, -0.1) is 20.5 Å². The number of nitrogen functional groups attached to an aromatic ring is 1. The highest BCUT2D eigenvalue weighted by Gasteiger charge is 2.24. The van der Waals surface area contributed by atoms with Crippen LogP contribution in [0.2, 0.25) is 0 Å². The van der Waals surface area contributed by atoms with Gasteiger partial charge in [0, 0.05) is 34.0 Å². The lowest BCUT2D eigenvalue weighted by Gasteiger charge is -2.12. The standard InChI is InChI=1S/C39H31N7O18S5/c1-19-10-32(35(64-8-9-65(49,50)51)18-31(19)43-45-33-16-24(67(55,56)57)11-21-12-25(68(58,59)60)17-34(47)37(21)33)44-46-38-36(69(61,62)63)13-20-2-3-22(14-27(20)39(38)48)41-42-30-7-6-29(40)28-15-23(66(52,53)54)4-5-26(28)30/h2-7,10-18,47-48H,8-9,40H2,1H3,(H,49,50,51)(H,52,53,54)(H,55,56,57)(H,58,59,60)(H,61,62,63). The molecule has 0 bridgehead atoms. The Bertz CT molecular complexity index is 4010. The van der Waals surface area contributed by atoms with Crippen molar-refractivity contribution in [3.05, 3.63) is 96.6 Å². The molecule has 0 heterocycles. The van der Waals surface area contributed by atoms with E-state index in [4.69, 9.17) is 10.5 Å². The Morgan fingerprint density at radius 3 is 1.78 bits per heavy atom. The lowest BCUT2D eigenvalue weighted by molar-refractivity contribution is 0.337. The summed E-state index contributed by atoms with van der Waals surface area (Å²) < 4.78 is 174. The molecule has 30 heteroatoms. The SMILES string of the molecule is Cc1cc(N=Nc2c(S(=O)(=O)O)cc3ccc(N=Nc4ccc(N)c5cc(S(=O)(=O)O)ccc45)cc3c2O)c(OCCS(=O)(=O)O)cc1N=Nc1cc(S(=O)(=O)O)cc2cc(S(=O)(=O)O)cc(O)c12. The van der Waals surface area contributed by atoms with Crippen LogP contribution in [0.1, 0.15) is 5.56 Å². The number of aromatic hydroxyl groups is 2. The first kappa shape index (κ1) is 49.8. The molecule has 0 aliphatic rings. The van der Waals surface area contributed by atoms with E-state index >= 15 is 0 Å². The molecule has 69 heavy (non-hydrogen) atoms. The van der Waals surface area contributed by atoms with E-state index in [2.05, 4.69) is 30.7 Å². The van der Waals surface area contributed by atoms with Crippen LogP contribution in [-0.2, 0) is 50.6 Å². The van der Waals surface area contributed by atoms with Crippen LogP contribution in [0.5, 0.6) is 17.2 Å². The fourth-order valence-corrected chi connectivity index (χ4v) is 9.13. The van der Waals surface area contributed by atoms with Gasteiger partial charge in [-0.3, -0.25) is 22.8 Å². The van der Waals surface area contributed by atoms with Crippen molar-refractivity contribution in [2.75, 3.05) is 18.1 Å². The van der Waals surface area contributed by atoms with Gasteiger partial charge in [0.1, 0.15) is 40.1 Å². The minimum absolute atomic E-state index is 0.0515. The largest absolute Gasteiger partial charge is 0.507 e. The lowest BCUT2D eigenvalue weighted by atomic mass is 10.1. The van der Waals surface area contributed by atoms with Crippen molar-refractivity contribution in [1.29, 1.82) is 0 Å². The highest BCUT2D eigenvalue weighted by molar-refractivity contribution is 7.86. The van der Waals surface area contributed by atoms with Crippen molar-refractivity contribution in [3.8, 4) is 17.2 Å². The highest BCUT2D eigenvalue weighted by atomic mass is 32.2. The Kier molecular flexibility index (Phi) is 13.0. The third-order valence-electron chi connectivity index (χ3n) is 9.83. The number of benzene rings is 7. The number of phenolic OH excluding ortho intramolecular Hbond substituents is 2. The van der Waals surface area contributed by atoms with Crippen molar-refractivity contribution >= 4 is 123 Å². The molecule has 25 nitrogen and oxygen atoms in total. The Balaban J connectivity index is 1.31. The molecule has 7 rings (SSSR count). The summed E-state index contributed by atoms with van der Waals surface area (Å²) in [5.41, 5.74) is 4.90. The van der Waals surface area contributed by atoms with Gasteiger partial charge in [-0.05, 0) is 90.0 Å². The number of azo groups is 3. The first-order valence-electron chi connectivity index (χ1n) is 18.8. The minimum atomic E-state index is -5.16. The van der Waals surface area contributed by atoms with Crippen molar-refractivity contribution < 1.29 is 79.8 Å². The van der Waals surface area contributed by atoms with Crippen molar-refractivity contribution in [2.24, 2.45) is 30.7 Å². The van der Waals surface area contributed by atoms with Crippen molar-refractivity contribution in [1.82, 2.24) is 0 Å². The molecule has 0 radical (unpaired) electrons. The van der Waals surface area contributed by atoms with Crippen molar-refractivity contribution in [3.63, 3.8) is 0 Å². The average molecular weight is 1050 g/mol. The molecule has 7 aromatic rings. The number of anilines is 1. The summed E-state index contributed by atoms with van der Waals surface area (Å²) >= 11 is 0. The second-order valence-corrected chi connectivity index (χ2v) is 21.8. The molecule has 0 amide bonds. The fourth-order valence-electron chi connectivity index (χ4n) is 6.60. The maximum Gasteiger partial charge on any atom is 0.296 e. The molecule has 0 aromatic heterocycles. The molecule has 7 aromatic carbocycles. The number of rotatable bonds is 14. The lowest BCUT2D eigenvalue weighted by Crippen LogP contribution is -2.12. The summed E-state index contributed by atoms with van der Waals surface area (Å²) in [7, 11) is -24.3. The predicted molar refractivity (Wildman–Crippen MR) is 244 cm³/mol. The van der Waals surface area contributed by atoms with Gasteiger partial charge in [0.25, 0.3) is 50.6 Å². The van der Waals surface area contributed by atoms with Crippen LogP contribution in [0.4, 0.5) is 39.8 Å². The summed E-state index contributed by atoms with van der Waals surface area (Å²) in [6.45, 7) is 0.674. The molecule has 9 N–H and O–H groups in total. The number of nitrogens with two attached hydrogens (primary N) is 1. The maximum atomic E-state index is 12.6. The van der Waals surface area contributed by atoms with Gasteiger partial charge < -0.3 is 20.7 Å². The van der Waals surface area contributed by atoms with Crippen LogP contribution in [0.15, 0.2) is 141 Å². The highest BCUT2D eigenvalue weighted by Crippen LogP contribution is 2.45. The zero-order valence-corrected chi connectivity index (χ0v) is 38.6. The van der Waals surface area contributed by atoms with Crippen LogP contribution >= 0.6 is 0 Å². The van der Waals surface area contributed by atoms with Crippen LogP contribution in [0, 0.1) is 6.92 Å². The second kappa shape index (κ2) is 18.1. The van der Waals surface area contributed by atoms with Gasteiger partial charge in [0.2, 0.25) is 0 Å². The zero-order chi connectivity index (χ0) is 50.6. The van der Waals surface area contributed by atoms with E-state index in [1.165, 1.54) is 49.4 Å². The number of hydrogen-bond acceptors (Lipinski definition) is 20. The Morgan fingerprint density at radius 2 is 1.14 bits per heavy atom. The number of hydrogen-bond donors (Lipinski definition) is 8. The van der Waals surface area contributed by atoms with E-state index in [1.807, 2.05) is 0 Å². The molecule has 360 valence electrons. The number of fused-ring (bicyclic) bond motifs is 3. The Labute approximate surface area is 389 Å². The van der Waals surface area contributed by atoms with Gasteiger partial charge in [-0.2, -0.15) is 52.3 Å². The van der Waals surface area contributed by atoms with Crippen molar-refractivity contribution in [2.45, 2.75) is 26.5 Å². The van der Waals surface area contributed by atoms with E-state index in [0.29, 0.717) is 11.5 Å². The number of aryl methyl sites for hydroxylation is 1. The third kappa shape index (κ3) is 11.1. The molecule has 0 saturated carbocycles. The molecular weight excluding hydrogens is 1010 g/mol. The minimum Gasteiger partial charge on any atom is -0.507 e. The second-order valence-electron chi connectivity index (χ2n) is 14.6. The molecular formula is C39H31N7O18S5. The molecule has 0 unspecified atom stereocenters. The predicted octanol–water partition coefficient (Wildman–Crippen LogP) is 7.95. The maximum absolute atomic E-state index is 12.6. The number of phenols is 2. The Morgan fingerprint density at radius 1 is 0.522 bits per heavy atom. The van der Waals surface area contributed by atoms with Crippen LogP contribution in [0.3, 0.4) is 0 Å². The summed E-state index contributed by atoms with van der Waals surface area (Å²) in [6.07, 6.45) is 0. The smallest absolute Gasteiger partial charge is 0.296 e. The van der Waals surface area contributed by atoms with Gasteiger partial charge in [0.05, 0.1) is 42.8 Å². The van der Waals surface area contributed by atoms with Gasteiger partial charge in [0.15, 0.2) is 5.75 Å². The van der Waals surface area contributed by atoms with Crippen LogP contribution in [0.25, 0.3) is 32.3 Å². The fraction of sp³-hybridized carbons (Fsp3) is 0.0769. The summed E-state index contributed by atoms with van der Waals surface area (Å²) in [5, 5.41) is 46.5. The molecule has 0 aliphatic heterocycles. The summed E-state index contributed by atoms with van der Waals surface area (Å²) in [5.74, 6) is -3.00. The number of ether oxygens (including phenoxy) is 1. The molecule has 0 aliphatic carbocycles. The first-order valence-corrected chi connectivity index (χ1v) is 26.2. The normalized spacial score (nSPS) is 13.2. The summed E-state index contributed by atoms with van der Waals surface area (Å²) in [6, 6.07) is 16.7. The quantitative estimate of drug-likeness (QED) is 0.0291. The van der Waals surface area contributed by atoms with Gasteiger partial charge >= 0.3 is 0 Å². The average Bonchev–Trinajstić information content (AvgIpc) is 3.23.